The van der Waals surface area contributed by atoms with Crippen LogP contribution in [0.15, 0.2) is 37.4 Å². The number of aliphatic hydroxyl groups is 1. The van der Waals surface area contributed by atoms with Gasteiger partial charge in [-0.3, -0.25) is 0 Å². The molecule has 2 aliphatic rings. The van der Waals surface area contributed by atoms with Crippen molar-refractivity contribution in [2.24, 2.45) is 11.3 Å². The Kier molecular flexibility index (Phi) is 4.72. The lowest BCUT2D eigenvalue weighted by Gasteiger charge is -2.55. The Balaban J connectivity index is 2.05. The quantitative estimate of drug-likeness (QED) is 0.802. The first-order valence-corrected chi connectivity index (χ1v) is 9.20. The number of hydrogen-bond donors (Lipinski definition) is 1. The molecular formula is C22H30O3. The van der Waals surface area contributed by atoms with Crippen molar-refractivity contribution >= 4 is 0 Å². The summed E-state index contributed by atoms with van der Waals surface area (Å²) in [5.41, 5.74) is 1.84. The molecule has 1 N–H and O–H groups in total. The highest BCUT2D eigenvalue weighted by Gasteiger charge is 2.54. The number of fused-ring (bicyclic) bond motifs is 2. The van der Waals surface area contributed by atoms with Crippen LogP contribution in [0.4, 0.5) is 0 Å². The maximum absolute atomic E-state index is 10.5. The van der Waals surface area contributed by atoms with Crippen LogP contribution in [0.25, 0.3) is 0 Å². The SMILES string of the molecule is C=CCOc1ccc2c(c1CC=C)O[C@@]1(C)CC[C@H](O)C(C)(C)[C@@H]1C2. The molecule has 0 saturated heterocycles. The molecule has 3 nitrogen and oxygen atoms in total. The van der Waals surface area contributed by atoms with Crippen molar-refractivity contribution < 1.29 is 14.6 Å². The van der Waals surface area contributed by atoms with Crippen LogP contribution >= 0.6 is 0 Å². The van der Waals surface area contributed by atoms with E-state index in [1.165, 1.54) is 5.56 Å². The Hall–Kier alpha value is -1.74. The van der Waals surface area contributed by atoms with Crippen LogP contribution in [0.1, 0.15) is 44.7 Å². The molecule has 0 radical (unpaired) electrons. The maximum atomic E-state index is 10.5. The molecule has 3 rings (SSSR count). The summed E-state index contributed by atoms with van der Waals surface area (Å²) in [6.07, 6.45) is 6.64. The molecule has 3 heteroatoms. The fourth-order valence-corrected chi connectivity index (χ4v) is 4.61. The van der Waals surface area contributed by atoms with Gasteiger partial charge in [0.15, 0.2) is 0 Å². The summed E-state index contributed by atoms with van der Waals surface area (Å²) in [5, 5.41) is 10.5. The van der Waals surface area contributed by atoms with E-state index in [0.717, 1.165) is 36.3 Å². The lowest BCUT2D eigenvalue weighted by Crippen LogP contribution is -2.58. The molecule has 25 heavy (non-hydrogen) atoms. The van der Waals surface area contributed by atoms with E-state index >= 15 is 0 Å². The highest BCUT2D eigenvalue weighted by atomic mass is 16.5. The van der Waals surface area contributed by atoms with Gasteiger partial charge in [0.25, 0.3) is 0 Å². The number of rotatable bonds is 5. The minimum atomic E-state index is -0.279. The second-order valence-corrected chi connectivity index (χ2v) is 8.17. The molecule has 0 amide bonds. The average molecular weight is 342 g/mol. The van der Waals surface area contributed by atoms with Crippen molar-refractivity contribution in [1.82, 2.24) is 0 Å². The molecule has 1 aliphatic heterocycles. The highest BCUT2D eigenvalue weighted by Crippen LogP contribution is 2.54. The molecule has 0 bridgehead atoms. The van der Waals surface area contributed by atoms with Gasteiger partial charge in [0, 0.05) is 11.5 Å². The monoisotopic (exact) mass is 342 g/mol. The normalized spacial score (nSPS) is 29.8. The van der Waals surface area contributed by atoms with Gasteiger partial charge in [-0.1, -0.05) is 38.6 Å². The molecular weight excluding hydrogens is 312 g/mol. The van der Waals surface area contributed by atoms with Crippen molar-refractivity contribution in [3.05, 3.63) is 48.6 Å². The Morgan fingerprint density at radius 2 is 2.04 bits per heavy atom. The fraction of sp³-hybridized carbons (Fsp3) is 0.545. The van der Waals surface area contributed by atoms with Crippen molar-refractivity contribution in [1.29, 1.82) is 0 Å². The smallest absolute Gasteiger partial charge is 0.130 e. The van der Waals surface area contributed by atoms with E-state index < -0.39 is 0 Å². The van der Waals surface area contributed by atoms with Crippen LogP contribution in [0.5, 0.6) is 11.5 Å². The van der Waals surface area contributed by atoms with Gasteiger partial charge in [-0.15, -0.1) is 6.58 Å². The molecule has 0 unspecified atom stereocenters. The minimum absolute atomic E-state index is 0.165. The molecule has 1 heterocycles. The third kappa shape index (κ3) is 2.99. The first kappa shape index (κ1) is 18.1. The molecule has 0 spiro atoms. The Morgan fingerprint density at radius 3 is 2.72 bits per heavy atom. The van der Waals surface area contributed by atoms with Crippen molar-refractivity contribution in [3.8, 4) is 11.5 Å². The molecule has 0 aromatic heterocycles. The highest BCUT2D eigenvalue weighted by molar-refractivity contribution is 5.53. The van der Waals surface area contributed by atoms with E-state index in [-0.39, 0.29) is 23.0 Å². The van der Waals surface area contributed by atoms with E-state index in [0.29, 0.717) is 13.0 Å². The second kappa shape index (κ2) is 6.53. The third-order valence-corrected chi connectivity index (χ3v) is 6.17. The molecule has 1 fully saturated rings. The Labute approximate surface area is 151 Å². The number of aliphatic hydroxyl groups excluding tert-OH is 1. The Bertz CT molecular complexity index is 676. The molecule has 1 aliphatic carbocycles. The summed E-state index contributed by atoms with van der Waals surface area (Å²) >= 11 is 0. The van der Waals surface area contributed by atoms with Gasteiger partial charge < -0.3 is 14.6 Å². The van der Waals surface area contributed by atoms with Crippen molar-refractivity contribution in [2.75, 3.05) is 6.61 Å². The molecule has 1 aromatic carbocycles. The average Bonchev–Trinajstić information content (AvgIpc) is 2.57. The zero-order chi connectivity index (χ0) is 18.2. The molecule has 1 saturated carbocycles. The van der Waals surface area contributed by atoms with Crippen molar-refractivity contribution in [3.63, 3.8) is 0 Å². The number of hydrogen-bond acceptors (Lipinski definition) is 3. The number of allylic oxidation sites excluding steroid dienone is 1. The topological polar surface area (TPSA) is 38.7 Å². The lowest BCUT2D eigenvalue weighted by molar-refractivity contribution is -0.138. The van der Waals surface area contributed by atoms with E-state index in [1.807, 2.05) is 12.1 Å². The summed E-state index contributed by atoms with van der Waals surface area (Å²) < 4.78 is 12.5. The van der Waals surface area contributed by atoms with Gasteiger partial charge in [-0.2, -0.15) is 0 Å². The predicted octanol–water partition coefficient (Wildman–Crippen LogP) is 4.47. The van der Waals surface area contributed by atoms with Crippen LogP contribution in [0, 0.1) is 11.3 Å². The number of benzene rings is 1. The van der Waals surface area contributed by atoms with Crippen molar-refractivity contribution in [2.45, 2.75) is 58.2 Å². The summed E-state index contributed by atoms with van der Waals surface area (Å²) in [6.45, 7) is 14.6. The summed E-state index contributed by atoms with van der Waals surface area (Å²) in [6, 6.07) is 4.14. The second-order valence-electron chi connectivity index (χ2n) is 8.17. The zero-order valence-corrected chi connectivity index (χ0v) is 15.7. The van der Waals surface area contributed by atoms with Crippen LogP contribution in [0.2, 0.25) is 0 Å². The first-order valence-electron chi connectivity index (χ1n) is 9.20. The third-order valence-electron chi connectivity index (χ3n) is 6.17. The molecule has 1 aromatic rings. The summed E-state index contributed by atoms with van der Waals surface area (Å²) in [4.78, 5) is 0. The van der Waals surface area contributed by atoms with Gasteiger partial charge in [0.05, 0.1) is 6.10 Å². The van der Waals surface area contributed by atoms with Gasteiger partial charge in [-0.05, 0) is 49.7 Å². The van der Waals surface area contributed by atoms with Gasteiger partial charge in [-0.25, -0.2) is 0 Å². The van der Waals surface area contributed by atoms with Gasteiger partial charge >= 0.3 is 0 Å². The first-order chi connectivity index (χ1) is 11.8. The van der Waals surface area contributed by atoms with Crippen LogP contribution in [0.3, 0.4) is 0 Å². The maximum Gasteiger partial charge on any atom is 0.130 e. The van der Waals surface area contributed by atoms with Crippen LogP contribution in [-0.4, -0.2) is 23.4 Å². The number of ether oxygens (including phenoxy) is 2. The van der Waals surface area contributed by atoms with E-state index in [1.54, 1.807) is 6.08 Å². The van der Waals surface area contributed by atoms with E-state index in [9.17, 15) is 5.11 Å². The largest absolute Gasteiger partial charge is 0.489 e. The van der Waals surface area contributed by atoms with Gasteiger partial charge in [0.1, 0.15) is 23.7 Å². The standard InChI is InChI=1S/C22H30O3/c1-6-8-16-17(24-13-7-2)10-9-15-14-18-21(3,4)19(23)11-12-22(18,5)25-20(15)16/h6-7,9-10,18-19,23H,1-2,8,11-14H2,3-5H3/t18-,19-,22-/m0/s1. The van der Waals surface area contributed by atoms with Gasteiger partial charge in [0.2, 0.25) is 0 Å². The lowest BCUT2D eigenvalue weighted by atomic mass is 9.57. The summed E-state index contributed by atoms with van der Waals surface area (Å²) in [7, 11) is 0. The predicted molar refractivity (Wildman–Crippen MR) is 101 cm³/mol. The minimum Gasteiger partial charge on any atom is -0.489 e. The Morgan fingerprint density at radius 1 is 1.28 bits per heavy atom. The fourth-order valence-electron chi connectivity index (χ4n) is 4.61. The molecule has 136 valence electrons. The molecule has 3 atom stereocenters. The zero-order valence-electron chi connectivity index (χ0n) is 15.7. The van der Waals surface area contributed by atoms with E-state index in [4.69, 9.17) is 9.47 Å². The van der Waals surface area contributed by atoms with Crippen LogP contribution in [-0.2, 0) is 12.8 Å². The van der Waals surface area contributed by atoms with E-state index in [2.05, 4.69) is 40.0 Å². The summed E-state index contributed by atoms with van der Waals surface area (Å²) in [5.74, 6) is 2.08. The van der Waals surface area contributed by atoms with Crippen LogP contribution < -0.4 is 9.47 Å².